The maximum Gasteiger partial charge on any atom is 0.361 e. The molecule has 6 bridgehead atoms. The summed E-state index contributed by atoms with van der Waals surface area (Å²) in [7, 11) is 4.16. The number of anilines is 2. The molecule has 0 fully saturated rings. The van der Waals surface area contributed by atoms with Crippen LogP contribution >= 0.6 is 23.5 Å². The molecule has 4 heterocycles. The lowest BCUT2D eigenvalue weighted by atomic mass is 10.2. The van der Waals surface area contributed by atoms with Crippen molar-refractivity contribution in [2.75, 3.05) is 35.2 Å². The van der Waals surface area contributed by atoms with Crippen LogP contribution in [-0.2, 0) is 27.2 Å². The zero-order valence-electron chi connectivity index (χ0n) is 29.3. The minimum absolute atomic E-state index is 0.165. The van der Waals surface area contributed by atoms with Crippen molar-refractivity contribution in [3.05, 3.63) is 56.1 Å². The minimum Gasteiger partial charge on any atom is -0.349 e. The van der Waals surface area contributed by atoms with Gasteiger partial charge in [-0.15, -0.1) is 0 Å². The van der Waals surface area contributed by atoms with Crippen LogP contribution in [-0.4, -0.2) is 43.7 Å². The van der Waals surface area contributed by atoms with E-state index in [1.54, 1.807) is 22.4 Å². The second kappa shape index (κ2) is 19.2. The Bertz CT molecular complexity index is 1570. The lowest BCUT2D eigenvalue weighted by molar-refractivity contribution is -0.718. The average molecular weight is 685 g/mol. The van der Waals surface area contributed by atoms with Gasteiger partial charge in [0.1, 0.15) is 11.4 Å². The number of aromatic nitrogens is 6. The summed E-state index contributed by atoms with van der Waals surface area (Å²) in [5.74, 6) is 3.90. The van der Waals surface area contributed by atoms with Gasteiger partial charge in [0.2, 0.25) is 11.6 Å². The Morgan fingerprint density at radius 1 is 0.617 bits per heavy atom. The molecule has 0 unspecified atom stereocenters. The second-order valence-corrected chi connectivity index (χ2v) is 14.9. The molecule has 258 valence electrons. The van der Waals surface area contributed by atoms with Gasteiger partial charge in [0.15, 0.2) is 0 Å². The Morgan fingerprint density at radius 3 is 1.57 bits per heavy atom. The van der Waals surface area contributed by atoms with Crippen LogP contribution in [0.1, 0.15) is 94.1 Å². The third-order valence-corrected chi connectivity index (χ3v) is 11.2. The standard InChI is InChI=1S/C35H54N8O2S2/c1-27-24-30-36-18-12-6-7-13-19-37-31-25-28(2)41(5)34(39-31)47-23-17-11-9-15-21-43-32(44)26-29(3)42(35(43)45)20-14-8-10-16-22-46-33(38-30)40(27)4/h24-26H,6-23H2,1-5H3/p+2. The lowest BCUT2D eigenvalue weighted by Crippen LogP contribution is -2.40. The molecule has 0 atom stereocenters. The normalized spacial score (nSPS) is 17.1. The van der Waals surface area contributed by atoms with E-state index in [1.807, 2.05) is 18.7 Å². The molecule has 3 aromatic heterocycles. The third-order valence-electron chi connectivity index (χ3n) is 8.97. The summed E-state index contributed by atoms with van der Waals surface area (Å²) in [6.45, 7) is 9.11. The molecule has 0 aliphatic carbocycles. The second-order valence-electron chi connectivity index (χ2n) is 12.8. The molecule has 0 saturated carbocycles. The van der Waals surface area contributed by atoms with Crippen LogP contribution in [0.4, 0.5) is 11.6 Å². The van der Waals surface area contributed by atoms with Crippen LogP contribution in [0.2, 0.25) is 0 Å². The van der Waals surface area contributed by atoms with Crippen LogP contribution in [0.15, 0.2) is 38.1 Å². The fourth-order valence-corrected chi connectivity index (χ4v) is 7.83. The zero-order valence-corrected chi connectivity index (χ0v) is 30.9. The first-order valence-corrected chi connectivity index (χ1v) is 19.5. The summed E-state index contributed by atoms with van der Waals surface area (Å²) in [6.07, 6.45) is 12.7. The minimum atomic E-state index is -0.184. The molecular formula is C35H56N8O2S2+2. The molecule has 0 amide bonds. The first-order chi connectivity index (χ1) is 22.7. The van der Waals surface area contributed by atoms with E-state index in [1.165, 1.54) is 28.8 Å². The Balaban J connectivity index is 1.38. The molecule has 3 aromatic rings. The number of aryl methyl sites for hydroxylation is 3. The molecular weight excluding hydrogens is 629 g/mol. The number of hydrogen-bond acceptors (Lipinski definition) is 8. The number of thioether (sulfide) groups is 2. The molecule has 47 heavy (non-hydrogen) atoms. The lowest BCUT2D eigenvalue weighted by Gasteiger charge is -2.13. The molecule has 1 aliphatic rings. The van der Waals surface area contributed by atoms with E-state index in [-0.39, 0.29) is 11.2 Å². The quantitative estimate of drug-likeness (QED) is 0.237. The van der Waals surface area contributed by atoms with Crippen LogP contribution in [0, 0.1) is 20.8 Å². The van der Waals surface area contributed by atoms with Crippen molar-refractivity contribution in [2.24, 2.45) is 14.1 Å². The molecule has 0 saturated heterocycles. The van der Waals surface area contributed by atoms with Crippen molar-refractivity contribution >= 4 is 35.2 Å². The van der Waals surface area contributed by atoms with Gasteiger partial charge in [-0.1, -0.05) is 38.5 Å². The monoisotopic (exact) mass is 684 g/mol. The third kappa shape index (κ3) is 11.4. The van der Waals surface area contributed by atoms with Crippen molar-refractivity contribution in [3.8, 4) is 0 Å². The molecule has 12 heteroatoms. The van der Waals surface area contributed by atoms with Gasteiger partial charge >= 0.3 is 16.0 Å². The van der Waals surface area contributed by atoms with Crippen molar-refractivity contribution in [1.29, 1.82) is 0 Å². The van der Waals surface area contributed by atoms with Gasteiger partial charge in [-0.2, -0.15) is 0 Å². The maximum atomic E-state index is 13.3. The molecule has 1 aliphatic heterocycles. The van der Waals surface area contributed by atoms with E-state index in [9.17, 15) is 9.59 Å². The highest BCUT2D eigenvalue weighted by atomic mass is 32.2. The summed E-state index contributed by atoms with van der Waals surface area (Å²) in [4.78, 5) is 35.8. The number of nitrogens with one attached hydrogen (secondary N) is 2. The van der Waals surface area contributed by atoms with E-state index >= 15 is 0 Å². The molecule has 0 spiro atoms. The fraction of sp³-hybridized carbons (Fsp3) is 0.657. The van der Waals surface area contributed by atoms with Crippen LogP contribution < -0.4 is 31.0 Å². The average Bonchev–Trinajstić information content (AvgIpc) is 3.03. The summed E-state index contributed by atoms with van der Waals surface area (Å²) in [5.41, 5.74) is 2.79. The molecule has 0 aromatic carbocycles. The van der Waals surface area contributed by atoms with Gasteiger partial charge < -0.3 is 10.6 Å². The van der Waals surface area contributed by atoms with E-state index in [0.29, 0.717) is 13.1 Å². The topological polar surface area (TPSA) is 102 Å². The molecule has 0 radical (unpaired) electrons. The fourth-order valence-electron chi connectivity index (χ4n) is 5.77. The van der Waals surface area contributed by atoms with Gasteiger partial charge in [-0.3, -0.25) is 13.9 Å². The van der Waals surface area contributed by atoms with Crippen LogP contribution in [0.3, 0.4) is 0 Å². The molecule has 2 N–H and O–H groups in total. The van der Waals surface area contributed by atoms with E-state index in [4.69, 9.17) is 9.97 Å². The van der Waals surface area contributed by atoms with Crippen molar-refractivity contribution in [1.82, 2.24) is 19.1 Å². The smallest absolute Gasteiger partial charge is 0.349 e. The SMILES string of the molecule is Cc1cc(=O)n2c(=O)n1CCCCCCSc1nc(cc(C)[n+]1C)NCCCCCCNc1cc(C)[n+](C)c(n1)SCCCCCC2. The van der Waals surface area contributed by atoms with Crippen molar-refractivity contribution < 1.29 is 9.13 Å². The van der Waals surface area contributed by atoms with E-state index < -0.39 is 0 Å². The molecule has 10 nitrogen and oxygen atoms in total. The van der Waals surface area contributed by atoms with Gasteiger partial charge in [-0.05, 0) is 92.8 Å². The zero-order chi connectivity index (χ0) is 33.6. The number of rotatable bonds is 0. The Kier molecular flexibility index (Phi) is 15.1. The largest absolute Gasteiger partial charge is 0.361 e. The van der Waals surface area contributed by atoms with Crippen molar-refractivity contribution in [3.63, 3.8) is 0 Å². The first-order valence-electron chi connectivity index (χ1n) is 17.5. The summed E-state index contributed by atoms with van der Waals surface area (Å²) in [6, 6.07) is 5.88. The Hall–Kier alpha value is -2.86. The van der Waals surface area contributed by atoms with Gasteiger partial charge in [0.05, 0.1) is 14.1 Å². The predicted molar refractivity (Wildman–Crippen MR) is 194 cm³/mol. The maximum absolute atomic E-state index is 13.3. The Morgan fingerprint density at radius 2 is 1.06 bits per heavy atom. The van der Waals surface area contributed by atoms with Gasteiger partial charge in [-0.25, -0.2) is 13.9 Å². The summed E-state index contributed by atoms with van der Waals surface area (Å²) >= 11 is 3.61. The summed E-state index contributed by atoms with van der Waals surface area (Å²) < 4.78 is 7.55. The van der Waals surface area contributed by atoms with Gasteiger partial charge in [0, 0.05) is 61.6 Å². The first kappa shape index (κ1) is 37.0. The van der Waals surface area contributed by atoms with Crippen LogP contribution in [0.25, 0.3) is 0 Å². The molecule has 4 rings (SSSR count). The summed E-state index contributed by atoms with van der Waals surface area (Å²) in [5, 5.41) is 9.16. The van der Waals surface area contributed by atoms with E-state index in [0.717, 1.165) is 116 Å². The number of hydrogen-bond donors (Lipinski definition) is 2. The Labute approximate surface area is 289 Å². The highest BCUT2D eigenvalue weighted by Gasteiger charge is 2.18. The highest BCUT2D eigenvalue weighted by Crippen LogP contribution is 2.19. The van der Waals surface area contributed by atoms with E-state index in [2.05, 4.69) is 59.8 Å². The van der Waals surface area contributed by atoms with Crippen molar-refractivity contribution in [2.45, 2.75) is 121 Å². The number of nitrogens with zero attached hydrogens (tertiary/aromatic N) is 6. The highest BCUT2D eigenvalue weighted by molar-refractivity contribution is 7.99. The number of fused-ring (bicyclic) bond motifs is 6. The van der Waals surface area contributed by atoms with Crippen LogP contribution in [0.5, 0.6) is 0 Å². The van der Waals surface area contributed by atoms with Gasteiger partial charge in [0.25, 0.3) is 5.56 Å². The predicted octanol–water partition coefficient (Wildman–Crippen LogP) is 5.48.